The molecule has 0 unspecified atom stereocenters. The zero-order valence-electron chi connectivity index (χ0n) is 25.1. The van der Waals surface area contributed by atoms with Gasteiger partial charge in [0.1, 0.15) is 18.0 Å². The van der Waals surface area contributed by atoms with Crippen LogP contribution in [0.1, 0.15) is 23.6 Å². The quantitative estimate of drug-likeness (QED) is 0.315. The van der Waals surface area contributed by atoms with Gasteiger partial charge in [0.05, 0.1) is 13.1 Å². The fourth-order valence-corrected chi connectivity index (χ4v) is 6.13. The molecule has 0 spiro atoms. The highest BCUT2D eigenvalue weighted by molar-refractivity contribution is 5.91. The van der Waals surface area contributed by atoms with Crippen molar-refractivity contribution in [2.24, 2.45) is 0 Å². The molecule has 3 heterocycles. The molecule has 2 N–H and O–H groups in total. The maximum atomic E-state index is 14.2. The Morgan fingerprint density at radius 3 is 2.36 bits per heavy atom. The van der Waals surface area contributed by atoms with E-state index in [4.69, 9.17) is 0 Å². The first kappa shape index (κ1) is 29.8. The van der Waals surface area contributed by atoms with E-state index in [0.29, 0.717) is 19.6 Å². The lowest BCUT2D eigenvalue weighted by Crippen LogP contribution is -2.76. The Kier molecular flexibility index (Phi) is 8.74. The maximum Gasteiger partial charge on any atom is 0.334 e. The Labute approximate surface area is 262 Å². The first-order chi connectivity index (χ1) is 21.9. The second-order valence-corrected chi connectivity index (χ2v) is 11.3. The highest BCUT2D eigenvalue weighted by Crippen LogP contribution is 2.30. The average molecular weight is 605 g/mol. The number of likely N-dealkylation sites (N-methyl/N-ethyl adjacent to an activating group) is 1. The number of aromatic hydroxyl groups is 1. The van der Waals surface area contributed by atoms with Crippen LogP contribution in [0.2, 0.25) is 0 Å². The monoisotopic (exact) mass is 604 g/mol. The van der Waals surface area contributed by atoms with Gasteiger partial charge in [0.2, 0.25) is 11.8 Å². The van der Waals surface area contributed by atoms with Gasteiger partial charge in [-0.1, -0.05) is 67.6 Å². The first-order valence-corrected chi connectivity index (χ1v) is 15.1. The number of fused-ring (bicyclic) bond motifs is 1. The number of hydrogen-bond acceptors (Lipinski definition) is 6. The van der Waals surface area contributed by atoms with E-state index in [9.17, 15) is 19.5 Å². The van der Waals surface area contributed by atoms with Crippen molar-refractivity contribution in [2.75, 3.05) is 19.6 Å². The van der Waals surface area contributed by atoms with Crippen molar-refractivity contribution in [3.63, 3.8) is 0 Å². The van der Waals surface area contributed by atoms with E-state index < -0.39 is 12.2 Å². The van der Waals surface area contributed by atoms with Crippen LogP contribution in [0.25, 0.3) is 11.1 Å². The Morgan fingerprint density at radius 2 is 1.62 bits per heavy atom. The number of nitrogens with zero attached hydrogens (tertiary/aromatic N) is 5. The number of amides is 4. The predicted octanol–water partition coefficient (Wildman–Crippen LogP) is 4.02. The van der Waals surface area contributed by atoms with Crippen molar-refractivity contribution >= 4 is 17.8 Å². The van der Waals surface area contributed by atoms with Crippen molar-refractivity contribution in [2.45, 2.75) is 38.6 Å². The number of carbonyl (C=O) groups is 3. The van der Waals surface area contributed by atoms with Crippen molar-refractivity contribution in [1.82, 2.24) is 30.1 Å². The number of pyridine rings is 1. The van der Waals surface area contributed by atoms with E-state index in [2.05, 4.69) is 16.4 Å². The van der Waals surface area contributed by atoms with Crippen LogP contribution in [0, 0.1) is 0 Å². The van der Waals surface area contributed by atoms with E-state index in [1.165, 1.54) is 0 Å². The number of hydrogen-bond donors (Lipinski definition) is 2. The molecule has 2 aliphatic heterocycles. The minimum Gasteiger partial charge on any atom is -0.508 e. The summed E-state index contributed by atoms with van der Waals surface area (Å²) >= 11 is 0. The summed E-state index contributed by atoms with van der Waals surface area (Å²) in [5, 5.41) is 16.2. The van der Waals surface area contributed by atoms with Crippen LogP contribution in [-0.2, 0) is 29.1 Å². The molecule has 10 heteroatoms. The topological polar surface area (TPSA) is 109 Å². The summed E-state index contributed by atoms with van der Waals surface area (Å²) in [6, 6.07) is 27.0. The summed E-state index contributed by atoms with van der Waals surface area (Å²) in [5.41, 5.74) is 4.72. The van der Waals surface area contributed by atoms with E-state index in [1.54, 1.807) is 56.5 Å². The van der Waals surface area contributed by atoms with Crippen LogP contribution in [0.3, 0.4) is 0 Å². The zero-order chi connectivity index (χ0) is 31.3. The number of carbonyl (C=O) groups excluding carboxylic acids is 3. The molecule has 2 saturated heterocycles. The molecular weight excluding hydrogens is 568 g/mol. The number of aromatic nitrogens is 1. The molecule has 4 amide bonds. The molecule has 45 heavy (non-hydrogen) atoms. The molecule has 10 nitrogen and oxygen atoms in total. The van der Waals surface area contributed by atoms with Crippen LogP contribution < -0.4 is 5.32 Å². The van der Waals surface area contributed by atoms with Gasteiger partial charge in [0.25, 0.3) is 0 Å². The lowest BCUT2D eigenvalue weighted by molar-refractivity contribution is -0.190. The number of piperazine rings is 1. The molecule has 230 valence electrons. The second-order valence-electron chi connectivity index (χ2n) is 11.3. The summed E-state index contributed by atoms with van der Waals surface area (Å²) in [7, 11) is 0. The third-order valence-electron chi connectivity index (χ3n) is 8.37. The van der Waals surface area contributed by atoms with Crippen LogP contribution in [0.4, 0.5) is 4.79 Å². The molecule has 0 radical (unpaired) electrons. The van der Waals surface area contributed by atoms with Gasteiger partial charge >= 0.3 is 6.03 Å². The molecule has 1 aromatic heterocycles. The summed E-state index contributed by atoms with van der Waals surface area (Å²) in [4.78, 5) is 49.3. The number of hydrazine groups is 1. The Bertz CT molecular complexity index is 1650. The highest BCUT2D eigenvalue weighted by Gasteiger charge is 2.51. The number of urea groups is 1. The van der Waals surface area contributed by atoms with Crippen molar-refractivity contribution in [3.05, 3.63) is 120 Å². The lowest BCUT2D eigenvalue weighted by atomic mass is 9.98. The van der Waals surface area contributed by atoms with Crippen LogP contribution in [0.5, 0.6) is 5.75 Å². The van der Waals surface area contributed by atoms with Gasteiger partial charge in [-0.05, 0) is 58.1 Å². The van der Waals surface area contributed by atoms with Gasteiger partial charge < -0.3 is 20.2 Å². The van der Waals surface area contributed by atoms with Gasteiger partial charge in [0.15, 0.2) is 0 Å². The third-order valence-corrected chi connectivity index (χ3v) is 8.37. The van der Waals surface area contributed by atoms with Crippen molar-refractivity contribution < 1.29 is 19.5 Å². The van der Waals surface area contributed by atoms with Crippen molar-refractivity contribution in [3.8, 4) is 16.9 Å². The molecule has 2 fully saturated rings. The van der Waals surface area contributed by atoms with E-state index in [1.807, 2.05) is 67.6 Å². The van der Waals surface area contributed by atoms with E-state index in [0.717, 1.165) is 27.8 Å². The smallest absolute Gasteiger partial charge is 0.334 e. The third kappa shape index (κ3) is 6.51. The molecule has 2 aliphatic rings. The van der Waals surface area contributed by atoms with Crippen LogP contribution in [-0.4, -0.2) is 79.6 Å². The van der Waals surface area contributed by atoms with E-state index >= 15 is 0 Å². The van der Waals surface area contributed by atoms with Gasteiger partial charge in [0, 0.05) is 38.4 Å². The normalized spacial score (nSPS) is 18.6. The SMILES string of the molecule is CCN1CC(=O)N2[C@@H](Cc3ccc(O)cc3)C(=O)N(Cc3cccc(-c4ccncc4)c3)C[C@@H]2N1C(=O)NCc1ccccc1. The number of nitrogens with one attached hydrogen (secondary N) is 1. The summed E-state index contributed by atoms with van der Waals surface area (Å²) in [6.45, 7) is 3.14. The Hall–Kier alpha value is -5.22. The summed E-state index contributed by atoms with van der Waals surface area (Å²) < 4.78 is 0. The van der Waals surface area contributed by atoms with Crippen molar-refractivity contribution in [1.29, 1.82) is 0 Å². The molecule has 0 bridgehead atoms. The molecule has 0 aliphatic carbocycles. The lowest BCUT2D eigenvalue weighted by Gasteiger charge is -2.55. The maximum absolute atomic E-state index is 14.2. The number of rotatable bonds is 8. The van der Waals surface area contributed by atoms with Gasteiger partial charge in [-0.25, -0.2) is 14.8 Å². The number of benzene rings is 3. The Morgan fingerprint density at radius 1 is 0.889 bits per heavy atom. The fourth-order valence-electron chi connectivity index (χ4n) is 6.13. The molecule has 4 aromatic rings. The standard InChI is InChI=1S/C35H36N6O4/c1-2-39-24-33(43)40-31(20-25-11-13-30(42)14-12-25)34(44)38(22-27-9-6-10-29(19-27)28-15-17-36-18-16-28)23-32(40)41(39)35(45)37-21-26-7-4-3-5-8-26/h3-19,31-32,42H,2,20-24H2,1H3,(H,37,45)/t31-,32-/m0/s1. The average Bonchev–Trinajstić information content (AvgIpc) is 3.07. The molecule has 6 rings (SSSR count). The minimum absolute atomic E-state index is 0.0148. The Balaban J connectivity index is 1.33. The van der Waals surface area contributed by atoms with Crippen LogP contribution in [0.15, 0.2) is 103 Å². The molecule has 3 aromatic carbocycles. The van der Waals surface area contributed by atoms with Crippen LogP contribution >= 0.6 is 0 Å². The van der Waals surface area contributed by atoms with Gasteiger partial charge in [-0.2, -0.15) is 0 Å². The molecular formula is C35H36N6O4. The highest BCUT2D eigenvalue weighted by atomic mass is 16.3. The van der Waals surface area contributed by atoms with E-state index in [-0.39, 0.29) is 43.1 Å². The molecule has 2 atom stereocenters. The summed E-state index contributed by atoms with van der Waals surface area (Å²) in [5.74, 6) is -0.266. The zero-order valence-corrected chi connectivity index (χ0v) is 25.1. The van der Waals surface area contributed by atoms with Gasteiger partial charge in [-0.3, -0.25) is 14.6 Å². The minimum atomic E-state index is -0.826. The number of phenols is 1. The molecule has 0 saturated carbocycles. The van der Waals surface area contributed by atoms with Gasteiger partial charge in [-0.15, -0.1) is 0 Å². The summed E-state index contributed by atoms with van der Waals surface area (Å²) in [6.07, 6.45) is 3.04. The second kappa shape index (κ2) is 13.2. The predicted molar refractivity (Wildman–Crippen MR) is 169 cm³/mol. The fraction of sp³-hybridized carbons (Fsp3) is 0.257. The largest absolute Gasteiger partial charge is 0.508 e. The first-order valence-electron chi connectivity index (χ1n) is 15.1. The number of phenolic OH excluding ortho intramolecular Hbond substituents is 1.